The van der Waals surface area contributed by atoms with E-state index in [4.69, 9.17) is 16.3 Å². The van der Waals surface area contributed by atoms with E-state index in [0.717, 1.165) is 36.1 Å². The van der Waals surface area contributed by atoms with E-state index in [2.05, 4.69) is 17.6 Å². The standard InChI is InChI=1S/C29H38ClN3O3/c1-5-6-7-8-9-21(2)32-28(35)29(3)20-31-26-18-25(36-4)16-12-23(26)13-17-27(34)33(29)19-22-10-14-24(30)15-11-22/h10-18,21,31H,5-9,19-20H2,1-4H3,(H,32,35)/b17-13+. The molecular weight excluding hydrogens is 474 g/mol. The van der Waals surface area contributed by atoms with Crippen molar-refractivity contribution in [3.63, 3.8) is 0 Å². The zero-order valence-electron chi connectivity index (χ0n) is 21.8. The highest BCUT2D eigenvalue weighted by atomic mass is 35.5. The van der Waals surface area contributed by atoms with Crippen LogP contribution in [0.1, 0.15) is 64.0 Å². The number of methoxy groups -OCH3 is 1. The molecule has 1 aliphatic heterocycles. The van der Waals surface area contributed by atoms with Crippen molar-refractivity contribution in [1.82, 2.24) is 10.2 Å². The molecule has 0 saturated carbocycles. The van der Waals surface area contributed by atoms with Crippen molar-refractivity contribution < 1.29 is 14.3 Å². The molecule has 2 atom stereocenters. The third kappa shape index (κ3) is 7.03. The van der Waals surface area contributed by atoms with Crippen molar-refractivity contribution in [3.8, 4) is 5.75 Å². The molecule has 0 fully saturated rings. The van der Waals surface area contributed by atoms with Gasteiger partial charge in [-0.3, -0.25) is 9.59 Å². The zero-order chi connectivity index (χ0) is 26.1. The highest BCUT2D eigenvalue weighted by Gasteiger charge is 2.42. The van der Waals surface area contributed by atoms with E-state index >= 15 is 0 Å². The third-order valence-corrected chi connectivity index (χ3v) is 7.01. The van der Waals surface area contributed by atoms with Crippen LogP contribution in [0.15, 0.2) is 48.5 Å². The number of anilines is 1. The summed E-state index contributed by atoms with van der Waals surface area (Å²) in [6, 6.07) is 13.0. The van der Waals surface area contributed by atoms with Crippen LogP contribution in [0.5, 0.6) is 5.75 Å². The summed E-state index contributed by atoms with van der Waals surface area (Å²) in [5.74, 6) is 0.286. The predicted octanol–water partition coefficient (Wildman–Crippen LogP) is 6.05. The molecule has 2 N–H and O–H groups in total. The molecule has 0 spiro atoms. The van der Waals surface area contributed by atoms with Gasteiger partial charge in [0.25, 0.3) is 0 Å². The summed E-state index contributed by atoms with van der Waals surface area (Å²) in [5.41, 5.74) is 1.40. The minimum atomic E-state index is -1.15. The van der Waals surface area contributed by atoms with E-state index in [-0.39, 0.29) is 30.9 Å². The topological polar surface area (TPSA) is 70.7 Å². The van der Waals surface area contributed by atoms with Crippen LogP contribution in [-0.4, -0.2) is 41.9 Å². The Labute approximate surface area is 220 Å². The Kier molecular flexibility index (Phi) is 9.82. The Hall–Kier alpha value is -2.99. The Bertz CT molecular complexity index is 1070. The van der Waals surface area contributed by atoms with Crippen molar-refractivity contribution in [2.24, 2.45) is 0 Å². The number of hydrogen-bond acceptors (Lipinski definition) is 4. The first-order chi connectivity index (χ1) is 17.3. The molecule has 6 nitrogen and oxygen atoms in total. The van der Waals surface area contributed by atoms with E-state index in [0.29, 0.717) is 10.8 Å². The highest BCUT2D eigenvalue weighted by molar-refractivity contribution is 6.30. The monoisotopic (exact) mass is 511 g/mol. The smallest absolute Gasteiger partial charge is 0.247 e. The van der Waals surface area contributed by atoms with E-state index in [1.54, 1.807) is 30.2 Å². The lowest BCUT2D eigenvalue weighted by molar-refractivity contribution is -0.144. The van der Waals surface area contributed by atoms with Gasteiger partial charge in [-0.1, -0.05) is 56.3 Å². The van der Waals surface area contributed by atoms with Crippen molar-refractivity contribution in [1.29, 1.82) is 0 Å². The second kappa shape index (κ2) is 12.8. The average molecular weight is 512 g/mol. The molecule has 0 bridgehead atoms. The molecule has 1 aliphatic rings. The minimum Gasteiger partial charge on any atom is -0.497 e. The quantitative estimate of drug-likeness (QED) is 0.381. The molecule has 2 aromatic carbocycles. The van der Waals surface area contributed by atoms with Crippen molar-refractivity contribution in [2.75, 3.05) is 19.0 Å². The molecule has 3 rings (SSSR count). The maximum absolute atomic E-state index is 13.8. The van der Waals surface area contributed by atoms with Crippen molar-refractivity contribution >= 4 is 35.2 Å². The van der Waals surface area contributed by atoms with Gasteiger partial charge in [0, 0.05) is 42.0 Å². The Morgan fingerprint density at radius 1 is 1.17 bits per heavy atom. The van der Waals surface area contributed by atoms with Gasteiger partial charge in [-0.2, -0.15) is 0 Å². The van der Waals surface area contributed by atoms with Crippen LogP contribution in [0.3, 0.4) is 0 Å². The number of rotatable bonds is 10. The molecule has 2 amide bonds. The number of hydrogen-bond donors (Lipinski definition) is 2. The second-order valence-electron chi connectivity index (χ2n) is 9.69. The normalized spacial score (nSPS) is 19.2. The number of fused-ring (bicyclic) bond motifs is 1. The lowest BCUT2D eigenvalue weighted by Gasteiger charge is -2.40. The average Bonchev–Trinajstić information content (AvgIpc) is 2.92. The number of halogens is 1. The fourth-order valence-electron chi connectivity index (χ4n) is 4.37. The van der Waals surface area contributed by atoms with E-state index in [1.807, 2.05) is 44.2 Å². The predicted molar refractivity (Wildman–Crippen MR) is 147 cm³/mol. The third-order valence-electron chi connectivity index (χ3n) is 6.76. The number of benzene rings is 2. The molecule has 2 aromatic rings. The summed E-state index contributed by atoms with van der Waals surface area (Å²) >= 11 is 6.08. The first kappa shape index (κ1) is 27.6. The van der Waals surface area contributed by atoms with Gasteiger partial charge in [0.2, 0.25) is 11.8 Å². The first-order valence-electron chi connectivity index (χ1n) is 12.7. The summed E-state index contributed by atoms with van der Waals surface area (Å²) in [6.07, 6.45) is 8.80. The molecule has 0 radical (unpaired) electrons. The molecule has 0 aromatic heterocycles. The number of nitrogens with one attached hydrogen (secondary N) is 2. The van der Waals surface area contributed by atoms with Crippen molar-refractivity contribution in [2.45, 2.75) is 71.0 Å². The van der Waals surface area contributed by atoms with Gasteiger partial charge in [0.1, 0.15) is 11.3 Å². The molecular formula is C29H38ClN3O3. The molecule has 194 valence electrons. The summed E-state index contributed by atoms with van der Waals surface area (Å²) in [6.45, 7) is 6.55. The van der Waals surface area contributed by atoms with E-state index < -0.39 is 5.54 Å². The van der Waals surface area contributed by atoms with Crippen LogP contribution < -0.4 is 15.4 Å². The number of ether oxygens (including phenoxy) is 1. The van der Waals surface area contributed by atoms with Gasteiger partial charge < -0.3 is 20.3 Å². The van der Waals surface area contributed by atoms with E-state index in [1.165, 1.54) is 18.9 Å². The summed E-state index contributed by atoms with van der Waals surface area (Å²) < 4.78 is 5.39. The van der Waals surface area contributed by atoms with E-state index in [9.17, 15) is 9.59 Å². The lowest BCUT2D eigenvalue weighted by atomic mass is 9.95. The second-order valence-corrected chi connectivity index (χ2v) is 10.1. The van der Waals surface area contributed by atoms with Crippen molar-refractivity contribution in [3.05, 3.63) is 64.7 Å². The minimum absolute atomic E-state index is 0.00853. The highest BCUT2D eigenvalue weighted by Crippen LogP contribution is 2.29. The van der Waals surface area contributed by atoms with Gasteiger partial charge in [0.15, 0.2) is 0 Å². The Balaban J connectivity index is 1.92. The van der Waals surface area contributed by atoms with Gasteiger partial charge in [0.05, 0.1) is 7.11 Å². The van der Waals surface area contributed by atoms with Crippen LogP contribution in [0, 0.1) is 0 Å². The maximum atomic E-state index is 13.8. The summed E-state index contributed by atoms with van der Waals surface area (Å²) in [5, 5.41) is 7.23. The summed E-state index contributed by atoms with van der Waals surface area (Å²) in [7, 11) is 1.61. The fourth-order valence-corrected chi connectivity index (χ4v) is 4.50. The molecule has 1 heterocycles. The largest absolute Gasteiger partial charge is 0.497 e. The molecule has 36 heavy (non-hydrogen) atoms. The Morgan fingerprint density at radius 2 is 1.92 bits per heavy atom. The molecule has 0 aliphatic carbocycles. The fraction of sp³-hybridized carbons (Fsp3) is 0.448. The molecule has 0 saturated heterocycles. The van der Waals surface area contributed by atoms with Gasteiger partial charge in [-0.05, 0) is 61.7 Å². The van der Waals surface area contributed by atoms with Crippen LogP contribution in [0.2, 0.25) is 5.02 Å². The van der Waals surface area contributed by atoms with Gasteiger partial charge in [-0.15, -0.1) is 0 Å². The van der Waals surface area contributed by atoms with Crippen LogP contribution in [0.4, 0.5) is 5.69 Å². The number of amides is 2. The first-order valence-corrected chi connectivity index (χ1v) is 13.1. The van der Waals surface area contributed by atoms with Crippen LogP contribution >= 0.6 is 11.6 Å². The van der Waals surface area contributed by atoms with Gasteiger partial charge in [-0.25, -0.2) is 0 Å². The van der Waals surface area contributed by atoms with Gasteiger partial charge >= 0.3 is 0 Å². The lowest BCUT2D eigenvalue weighted by Crippen LogP contribution is -2.62. The Morgan fingerprint density at radius 3 is 2.61 bits per heavy atom. The summed E-state index contributed by atoms with van der Waals surface area (Å²) in [4.78, 5) is 29.0. The number of carbonyl (C=O) groups excluding carboxylic acids is 2. The molecule has 2 unspecified atom stereocenters. The maximum Gasteiger partial charge on any atom is 0.247 e. The van der Waals surface area contributed by atoms with Crippen LogP contribution in [0.25, 0.3) is 6.08 Å². The molecule has 7 heteroatoms. The zero-order valence-corrected chi connectivity index (χ0v) is 22.5. The SMILES string of the molecule is CCCCCCC(C)NC(=O)C1(C)CNc2cc(OC)ccc2/C=C/C(=O)N1Cc1ccc(Cl)cc1. The number of carbonyl (C=O) groups is 2. The van der Waals surface area contributed by atoms with Crippen LogP contribution in [-0.2, 0) is 16.1 Å². The number of unbranched alkanes of at least 4 members (excludes halogenated alkanes) is 3. The number of nitrogens with zero attached hydrogens (tertiary/aromatic N) is 1.